The van der Waals surface area contributed by atoms with Gasteiger partial charge >= 0.3 is 0 Å². The predicted molar refractivity (Wildman–Crippen MR) is 230 cm³/mol. The number of para-hydroxylation sites is 2. The van der Waals surface area contributed by atoms with E-state index in [1.165, 1.54) is 5.56 Å². The van der Waals surface area contributed by atoms with Crippen LogP contribution < -0.4 is 0 Å². The van der Waals surface area contributed by atoms with Gasteiger partial charge in [0.15, 0.2) is 11.4 Å². The molecule has 4 aromatic heterocycles. The van der Waals surface area contributed by atoms with E-state index >= 15 is 0 Å². The molecule has 11 aromatic rings. The zero-order valence-corrected chi connectivity index (χ0v) is 30.5. The van der Waals surface area contributed by atoms with Gasteiger partial charge < -0.3 is 4.42 Å². The van der Waals surface area contributed by atoms with Crippen LogP contribution in [0.5, 0.6) is 0 Å². The monoisotopic (exact) mass is 729 g/mol. The second-order valence-corrected chi connectivity index (χ2v) is 14.0. The van der Waals surface area contributed by atoms with E-state index in [1.54, 1.807) is 0 Å². The lowest BCUT2D eigenvalue weighted by atomic mass is 9.98. The summed E-state index contributed by atoms with van der Waals surface area (Å²) in [6.07, 6.45) is 0. The lowest BCUT2D eigenvalue weighted by Gasteiger charge is -2.12. The van der Waals surface area contributed by atoms with Gasteiger partial charge in [-0.3, -0.25) is 0 Å². The van der Waals surface area contributed by atoms with Crippen molar-refractivity contribution in [3.63, 3.8) is 0 Å². The van der Waals surface area contributed by atoms with Gasteiger partial charge in [0.05, 0.1) is 28.1 Å². The highest BCUT2D eigenvalue weighted by Crippen LogP contribution is 2.39. The fourth-order valence-electron chi connectivity index (χ4n) is 7.73. The zero-order chi connectivity index (χ0) is 37.7. The summed E-state index contributed by atoms with van der Waals surface area (Å²) >= 11 is 0. The molecule has 0 amide bonds. The van der Waals surface area contributed by atoms with E-state index in [9.17, 15) is 0 Å². The molecule has 0 aliphatic heterocycles. The van der Waals surface area contributed by atoms with Crippen LogP contribution in [0.3, 0.4) is 0 Å². The van der Waals surface area contributed by atoms with E-state index in [4.69, 9.17) is 29.3 Å². The third-order valence-corrected chi connectivity index (χ3v) is 10.5. The molecule has 0 saturated heterocycles. The van der Waals surface area contributed by atoms with E-state index in [-0.39, 0.29) is 0 Å². The number of oxazole rings is 1. The minimum Gasteiger partial charge on any atom is -0.436 e. The van der Waals surface area contributed by atoms with Crippen molar-refractivity contribution in [3.05, 3.63) is 188 Å². The topological polar surface area (TPSA) is 77.6 Å². The minimum absolute atomic E-state index is 0.579. The standard InChI is InChI=1S/C51H31N5O/c1-3-12-32(13-4-1)33-22-26-35(27-23-33)47-39-17-8-10-19-43(39)54-50(55-47)44-21-11-20-41(52-44)34-24-28-36(29-25-34)48-40-30-31-45-49(46(40)38-16-7-9-18-42(38)53-48)56-51(57-45)37-14-5-2-6-15-37/h1-31H. The summed E-state index contributed by atoms with van der Waals surface area (Å²) < 4.78 is 6.29. The summed E-state index contributed by atoms with van der Waals surface area (Å²) in [4.78, 5) is 25.4. The Morgan fingerprint density at radius 1 is 0.316 bits per heavy atom. The van der Waals surface area contributed by atoms with Crippen LogP contribution in [0.4, 0.5) is 0 Å². The number of aromatic nitrogens is 5. The Morgan fingerprint density at radius 2 is 0.877 bits per heavy atom. The normalized spacial score (nSPS) is 11.5. The maximum atomic E-state index is 6.29. The van der Waals surface area contributed by atoms with Crippen molar-refractivity contribution in [2.24, 2.45) is 0 Å². The molecule has 57 heavy (non-hydrogen) atoms. The lowest BCUT2D eigenvalue weighted by molar-refractivity contribution is 0.620. The van der Waals surface area contributed by atoms with Crippen LogP contribution in [-0.2, 0) is 0 Å². The highest BCUT2D eigenvalue weighted by molar-refractivity contribution is 6.20. The smallest absolute Gasteiger partial charge is 0.227 e. The molecule has 0 saturated carbocycles. The number of rotatable bonds is 6. The fraction of sp³-hybridized carbons (Fsp3) is 0. The Labute approximate surface area is 327 Å². The van der Waals surface area contributed by atoms with Crippen LogP contribution >= 0.6 is 0 Å². The number of nitrogens with zero attached hydrogens (tertiary/aromatic N) is 5. The van der Waals surface area contributed by atoms with Crippen molar-refractivity contribution in [3.8, 4) is 67.9 Å². The van der Waals surface area contributed by atoms with E-state index in [2.05, 4.69) is 97.1 Å². The van der Waals surface area contributed by atoms with Gasteiger partial charge in [-0.2, -0.15) is 0 Å². The summed E-state index contributed by atoms with van der Waals surface area (Å²) in [5.41, 5.74) is 12.9. The molecule has 0 unspecified atom stereocenters. The van der Waals surface area contributed by atoms with Gasteiger partial charge in [-0.05, 0) is 59.7 Å². The number of hydrogen-bond donors (Lipinski definition) is 0. The Hall–Kier alpha value is -7.83. The van der Waals surface area contributed by atoms with Crippen molar-refractivity contribution in [1.82, 2.24) is 24.9 Å². The molecule has 6 heteroatoms. The minimum atomic E-state index is 0.579. The molecule has 6 nitrogen and oxygen atoms in total. The first kappa shape index (κ1) is 32.6. The molecule has 0 bridgehead atoms. The first-order chi connectivity index (χ1) is 28.2. The molecule has 266 valence electrons. The Morgan fingerprint density at radius 3 is 1.61 bits per heavy atom. The highest BCUT2D eigenvalue weighted by Gasteiger charge is 2.18. The van der Waals surface area contributed by atoms with Crippen molar-refractivity contribution < 1.29 is 4.42 Å². The Kier molecular flexibility index (Phi) is 7.71. The van der Waals surface area contributed by atoms with Crippen LogP contribution in [0.1, 0.15) is 0 Å². The van der Waals surface area contributed by atoms with Crippen molar-refractivity contribution in [2.45, 2.75) is 0 Å². The van der Waals surface area contributed by atoms with Crippen molar-refractivity contribution in [1.29, 1.82) is 0 Å². The van der Waals surface area contributed by atoms with Crippen LogP contribution in [0.15, 0.2) is 192 Å². The van der Waals surface area contributed by atoms with Gasteiger partial charge in [0.2, 0.25) is 5.89 Å². The van der Waals surface area contributed by atoms with Gasteiger partial charge in [0.1, 0.15) is 11.2 Å². The predicted octanol–water partition coefficient (Wildman–Crippen LogP) is 12.9. The van der Waals surface area contributed by atoms with Crippen LogP contribution in [0.25, 0.3) is 112 Å². The largest absolute Gasteiger partial charge is 0.436 e. The van der Waals surface area contributed by atoms with E-state index in [0.29, 0.717) is 17.4 Å². The average Bonchev–Trinajstić information content (AvgIpc) is 3.74. The van der Waals surface area contributed by atoms with Crippen LogP contribution in [0, 0.1) is 0 Å². The average molecular weight is 730 g/mol. The van der Waals surface area contributed by atoms with Crippen LogP contribution in [0.2, 0.25) is 0 Å². The molecule has 4 heterocycles. The number of benzene rings is 7. The molecule has 0 aliphatic rings. The van der Waals surface area contributed by atoms with E-state index < -0.39 is 0 Å². The molecule has 0 radical (unpaired) electrons. The molecular weight excluding hydrogens is 699 g/mol. The van der Waals surface area contributed by atoms with Crippen molar-refractivity contribution in [2.75, 3.05) is 0 Å². The molecular formula is C51H31N5O. The third kappa shape index (κ3) is 5.79. The maximum absolute atomic E-state index is 6.29. The number of pyridine rings is 2. The molecule has 11 rings (SSSR count). The second-order valence-electron chi connectivity index (χ2n) is 14.0. The van der Waals surface area contributed by atoms with Crippen LogP contribution in [-0.4, -0.2) is 24.9 Å². The van der Waals surface area contributed by atoms with Gasteiger partial charge in [-0.25, -0.2) is 24.9 Å². The Bertz CT molecular complexity index is 3270. The van der Waals surface area contributed by atoms with Gasteiger partial charge in [0, 0.05) is 43.8 Å². The highest BCUT2D eigenvalue weighted by atomic mass is 16.3. The van der Waals surface area contributed by atoms with E-state index in [0.717, 1.165) is 88.6 Å². The fourth-order valence-corrected chi connectivity index (χ4v) is 7.73. The molecule has 0 aliphatic carbocycles. The van der Waals surface area contributed by atoms with Crippen molar-refractivity contribution >= 4 is 43.7 Å². The first-order valence-corrected chi connectivity index (χ1v) is 18.9. The molecule has 0 fully saturated rings. The van der Waals surface area contributed by atoms with Gasteiger partial charge in [-0.15, -0.1) is 0 Å². The summed E-state index contributed by atoms with van der Waals surface area (Å²) in [5.74, 6) is 1.18. The lowest BCUT2D eigenvalue weighted by Crippen LogP contribution is -1.97. The quantitative estimate of drug-likeness (QED) is 0.159. The first-order valence-electron chi connectivity index (χ1n) is 18.9. The summed E-state index contributed by atoms with van der Waals surface area (Å²) in [7, 11) is 0. The second kappa shape index (κ2) is 13.5. The summed E-state index contributed by atoms with van der Waals surface area (Å²) in [6.45, 7) is 0. The number of fused-ring (bicyclic) bond motifs is 6. The number of hydrogen-bond acceptors (Lipinski definition) is 6. The maximum Gasteiger partial charge on any atom is 0.227 e. The molecule has 0 N–H and O–H groups in total. The molecule has 0 atom stereocenters. The Balaban J connectivity index is 0.966. The third-order valence-electron chi connectivity index (χ3n) is 10.5. The van der Waals surface area contributed by atoms with Gasteiger partial charge in [0.25, 0.3) is 0 Å². The molecule has 7 aromatic carbocycles. The molecule has 0 spiro atoms. The summed E-state index contributed by atoms with van der Waals surface area (Å²) in [5, 5.41) is 4.08. The van der Waals surface area contributed by atoms with E-state index in [1.807, 2.05) is 91.0 Å². The zero-order valence-electron chi connectivity index (χ0n) is 30.5. The summed E-state index contributed by atoms with van der Waals surface area (Å²) in [6, 6.07) is 63.9. The SMILES string of the molecule is c1ccc(-c2ccc(-c3nc(-c4cccc(-c5ccc(-c6nc7ccccc7c7c6ccc6oc(-c8ccccc8)nc67)cc5)n4)nc4ccccc34)cc2)cc1. The van der Waals surface area contributed by atoms with Gasteiger partial charge in [-0.1, -0.05) is 140 Å².